The van der Waals surface area contributed by atoms with E-state index in [9.17, 15) is 31.1 Å². The number of carbonyl (C=O) groups excluding carboxylic acids is 1. The van der Waals surface area contributed by atoms with Crippen molar-refractivity contribution in [3.8, 4) is 12.8 Å². The van der Waals surface area contributed by atoms with Crippen molar-refractivity contribution < 1.29 is 35.9 Å². The van der Waals surface area contributed by atoms with Gasteiger partial charge in [-0.15, -0.1) is 12.8 Å². The fraction of sp³-hybridized carbons (Fsp3) is 0.355. The lowest BCUT2D eigenvalue weighted by Gasteiger charge is -2.27. The number of hydrogen-bond donors (Lipinski definition) is 1. The first-order valence-corrected chi connectivity index (χ1v) is 14.1. The minimum Gasteiger partial charge on any atom is -0.452 e. The SMILES string of the molecule is C#C.C=C1C(Sc2ccc(C(F)(F)F)cc2)=NC=CN1c1ccc(CCC(OC(=O)CN)C(F)(F)F)c(CC)c1.CCC. The van der Waals surface area contributed by atoms with Gasteiger partial charge in [-0.25, -0.2) is 4.99 Å². The monoisotopic (exact) mass is 627 g/mol. The van der Waals surface area contributed by atoms with E-state index < -0.39 is 43.0 Å². The number of rotatable bonds is 8. The van der Waals surface area contributed by atoms with Gasteiger partial charge in [-0.05, 0) is 66.8 Å². The number of thioether (sulfide) groups is 1. The summed E-state index contributed by atoms with van der Waals surface area (Å²) in [6.07, 6.45) is 1.16. The van der Waals surface area contributed by atoms with Gasteiger partial charge in [0, 0.05) is 23.0 Å². The van der Waals surface area contributed by atoms with Crippen molar-refractivity contribution in [2.75, 3.05) is 11.4 Å². The molecule has 5 nitrogen and oxygen atoms in total. The van der Waals surface area contributed by atoms with Crippen molar-refractivity contribution in [1.82, 2.24) is 0 Å². The zero-order valence-corrected chi connectivity index (χ0v) is 25.0. The summed E-state index contributed by atoms with van der Waals surface area (Å²) >= 11 is 1.16. The fourth-order valence-corrected chi connectivity index (χ4v) is 4.53. The van der Waals surface area contributed by atoms with Crippen molar-refractivity contribution in [2.24, 2.45) is 10.7 Å². The zero-order chi connectivity index (χ0) is 32.8. The highest BCUT2D eigenvalue weighted by Gasteiger charge is 2.42. The van der Waals surface area contributed by atoms with Gasteiger partial charge in [0.2, 0.25) is 0 Å². The van der Waals surface area contributed by atoms with Crippen LogP contribution in [0.4, 0.5) is 32.0 Å². The molecule has 0 aromatic heterocycles. The second-order valence-electron chi connectivity index (χ2n) is 8.95. The van der Waals surface area contributed by atoms with Gasteiger partial charge >= 0.3 is 18.3 Å². The number of aliphatic imine (C=N–C) groups is 1. The van der Waals surface area contributed by atoms with Crippen LogP contribution in [0.3, 0.4) is 0 Å². The number of ether oxygens (including phenoxy) is 1. The average Bonchev–Trinajstić information content (AvgIpc) is 2.97. The lowest BCUT2D eigenvalue weighted by atomic mass is 9.98. The molecule has 2 N–H and O–H groups in total. The van der Waals surface area contributed by atoms with Crippen LogP contribution in [0, 0.1) is 12.8 Å². The van der Waals surface area contributed by atoms with E-state index in [1.54, 1.807) is 23.2 Å². The van der Waals surface area contributed by atoms with E-state index in [1.807, 2.05) is 13.0 Å². The molecule has 0 saturated carbocycles. The number of carbonyl (C=O) groups is 1. The molecule has 0 saturated heterocycles. The summed E-state index contributed by atoms with van der Waals surface area (Å²) in [5.74, 6) is -1.12. The van der Waals surface area contributed by atoms with Gasteiger partial charge in [0.1, 0.15) is 5.04 Å². The van der Waals surface area contributed by atoms with E-state index in [1.165, 1.54) is 24.8 Å². The number of aryl methyl sites for hydroxylation is 2. The highest BCUT2D eigenvalue weighted by molar-refractivity contribution is 8.14. The van der Waals surface area contributed by atoms with Crippen molar-refractivity contribution in [3.05, 3.63) is 83.8 Å². The van der Waals surface area contributed by atoms with Gasteiger partial charge in [-0.2, -0.15) is 26.3 Å². The number of halogens is 6. The Morgan fingerprint density at radius 1 is 1.05 bits per heavy atom. The topological polar surface area (TPSA) is 67.9 Å². The van der Waals surface area contributed by atoms with Crippen molar-refractivity contribution in [3.63, 3.8) is 0 Å². The van der Waals surface area contributed by atoms with Crippen LogP contribution in [-0.2, 0) is 28.5 Å². The number of alkyl halides is 6. The summed E-state index contributed by atoms with van der Waals surface area (Å²) < 4.78 is 82.9. The lowest BCUT2D eigenvalue weighted by Crippen LogP contribution is -2.36. The number of anilines is 1. The molecule has 2 aromatic rings. The molecule has 12 heteroatoms. The molecule has 234 valence electrons. The number of nitrogens with two attached hydrogens (primary N) is 1. The number of benzene rings is 2. The lowest BCUT2D eigenvalue weighted by molar-refractivity contribution is -0.221. The van der Waals surface area contributed by atoms with E-state index >= 15 is 0 Å². The molecular formula is C31H35F6N3O2S. The quantitative estimate of drug-likeness (QED) is 0.181. The van der Waals surface area contributed by atoms with Crippen LogP contribution in [0.2, 0.25) is 0 Å². The Morgan fingerprint density at radius 2 is 1.65 bits per heavy atom. The molecule has 0 fully saturated rings. The van der Waals surface area contributed by atoms with Gasteiger partial charge in [0.05, 0.1) is 17.8 Å². The first-order valence-electron chi connectivity index (χ1n) is 13.2. The number of terminal acetylenes is 1. The molecule has 1 heterocycles. The maximum absolute atomic E-state index is 13.3. The molecule has 1 unspecified atom stereocenters. The molecule has 0 radical (unpaired) electrons. The van der Waals surface area contributed by atoms with E-state index in [0.29, 0.717) is 33.3 Å². The Balaban J connectivity index is 0.00000174. The smallest absolute Gasteiger partial charge is 0.425 e. The van der Waals surface area contributed by atoms with Crippen LogP contribution in [0.5, 0.6) is 0 Å². The first kappa shape index (κ1) is 37.3. The standard InChI is InChI=1S/C26H25F6N3O2S.C3H8.C2H2/c1-3-17-14-20(8-4-18(17)5-11-22(26(30,31)32)37-23(36)15-33)35-13-12-34-24(16(35)2)38-21-9-6-19(7-10-21)25(27,28)29;1-3-2;1-2/h4,6-10,12-14,22H,2-3,5,11,15,33H2,1H3;3H2,1-2H3;1-2H. The predicted octanol–water partition coefficient (Wildman–Crippen LogP) is 8.29. The van der Waals surface area contributed by atoms with E-state index in [4.69, 9.17) is 5.73 Å². The average molecular weight is 628 g/mol. The normalized spacial score (nSPS) is 13.6. The maximum atomic E-state index is 13.3. The summed E-state index contributed by atoms with van der Waals surface area (Å²) in [6.45, 7) is 9.54. The molecule has 2 aromatic carbocycles. The van der Waals surface area contributed by atoms with Gasteiger partial charge < -0.3 is 15.4 Å². The zero-order valence-electron chi connectivity index (χ0n) is 24.1. The van der Waals surface area contributed by atoms with Gasteiger partial charge in [-0.1, -0.05) is 51.6 Å². The molecule has 1 aliphatic rings. The Kier molecular flexibility index (Phi) is 15.1. The Morgan fingerprint density at radius 3 is 2.16 bits per heavy atom. The van der Waals surface area contributed by atoms with E-state index in [2.05, 4.69) is 43.0 Å². The molecule has 0 aliphatic carbocycles. The van der Waals surface area contributed by atoms with Crippen molar-refractivity contribution >= 4 is 28.5 Å². The molecule has 43 heavy (non-hydrogen) atoms. The molecule has 1 atom stereocenters. The minimum absolute atomic E-state index is 0.0265. The summed E-state index contributed by atoms with van der Waals surface area (Å²) in [6, 6.07) is 9.96. The summed E-state index contributed by atoms with van der Waals surface area (Å²) in [5, 5.41) is 0.476. The maximum Gasteiger partial charge on any atom is 0.425 e. The highest BCUT2D eigenvalue weighted by Crippen LogP contribution is 2.35. The summed E-state index contributed by atoms with van der Waals surface area (Å²) in [7, 11) is 0. The van der Waals surface area contributed by atoms with E-state index in [-0.39, 0.29) is 6.42 Å². The Labute approximate surface area is 252 Å². The molecule has 0 spiro atoms. The third-order valence-electron chi connectivity index (χ3n) is 5.67. The molecule has 0 bridgehead atoms. The molecule has 3 rings (SSSR count). The van der Waals surface area contributed by atoms with Crippen molar-refractivity contribution in [1.29, 1.82) is 0 Å². The molecule has 1 aliphatic heterocycles. The van der Waals surface area contributed by atoms with Crippen LogP contribution < -0.4 is 10.6 Å². The van der Waals surface area contributed by atoms with E-state index in [0.717, 1.165) is 29.5 Å². The molecule has 0 amide bonds. The summed E-state index contributed by atoms with van der Waals surface area (Å²) in [5.41, 5.74) is 6.98. The Bertz CT molecular complexity index is 1290. The second-order valence-corrected chi connectivity index (χ2v) is 10.0. The number of esters is 1. The first-order chi connectivity index (χ1) is 20.2. The highest BCUT2D eigenvalue weighted by atomic mass is 32.2. The third-order valence-corrected chi connectivity index (χ3v) is 6.71. The van der Waals surface area contributed by atoms with Crippen molar-refractivity contribution in [2.45, 2.75) is 69.8 Å². The number of hydrogen-bond acceptors (Lipinski definition) is 6. The Hall–Kier alpha value is -3.69. The second kappa shape index (κ2) is 17.4. The van der Waals surface area contributed by atoms with Gasteiger partial charge in [0.15, 0.2) is 6.10 Å². The number of nitrogens with zero attached hydrogens (tertiary/aromatic N) is 2. The third kappa shape index (κ3) is 11.5. The van der Waals surface area contributed by atoms with Crippen LogP contribution in [0.1, 0.15) is 50.3 Å². The minimum atomic E-state index is -4.71. The molecular weight excluding hydrogens is 592 g/mol. The largest absolute Gasteiger partial charge is 0.452 e. The summed E-state index contributed by atoms with van der Waals surface area (Å²) in [4.78, 5) is 17.9. The van der Waals surface area contributed by atoms with Gasteiger partial charge in [0.25, 0.3) is 0 Å². The van der Waals surface area contributed by atoms with Crippen LogP contribution in [0.15, 0.2) is 77.0 Å². The van der Waals surface area contributed by atoms with Crippen LogP contribution in [-0.4, -0.2) is 29.8 Å². The predicted molar refractivity (Wildman–Crippen MR) is 160 cm³/mol. The fourth-order valence-electron chi connectivity index (χ4n) is 3.70. The van der Waals surface area contributed by atoms with Gasteiger partial charge in [-0.3, -0.25) is 4.79 Å². The van der Waals surface area contributed by atoms with Crippen LogP contribution >= 0.6 is 11.8 Å². The van der Waals surface area contributed by atoms with Crippen LogP contribution in [0.25, 0.3) is 0 Å².